The Kier molecular flexibility index (Phi) is 5.35. The van der Waals surface area contributed by atoms with E-state index < -0.39 is 12.0 Å². The van der Waals surface area contributed by atoms with Crippen LogP contribution in [0.15, 0.2) is 24.3 Å². The third kappa shape index (κ3) is 4.49. The monoisotopic (exact) mass is 249 g/mol. The summed E-state index contributed by atoms with van der Waals surface area (Å²) in [6.45, 7) is 6.78. The second kappa shape index (κ2) is 6.55. The minimum Gasteiger partial charge on any atom is -0.480 e. The van der Waals surface area contributed by atoms with Gasteiger partial charge in [0, 0.05) is 6.54 Å². The molecular weight excluding hydrogens is 226 g/mol. The molecule has 3 heteroatoms. The molecule has 0 aromatic heterocycles. The van der Waals surface area contributed by atoms with Crippen molar-refractivity contribution in [1.82, 2.24) is 4.90 Å². The largest absolute Gasteiger partial charge is 0.480 e. The fraction of sp³-hybridized carbons (Fsp3) is 0.533. The van der Waals surface area contributed by atoms with E-state index in [-0.39, 0.29) is 0 Å². The molecule has 1 aromatic rings. The number of carboxylic acids is 1. The summed E-state index contributed by atoms with van der Waals surface area (Å²) in [6.07, 6.45) is 1.08. The van der Waals surface area contributed by atoms with Gasteiger partial charge in [-0.2, -0.15) is 0 Å². The number of carboxylic acid groups (broad SMARTS) is 1. The second-order valence-corrected chi connectivity index (χ2v) is 5.34. The maximum absolute atomic E-state index is 10.9. The molecule has 0 aliphatic carbocycles. The van der Waals surface area contributed by atoms with Crippen molar-refractivity contribution in [1.29, 1.82) is 0 Å². The Bertz CT molecular complexity index is 384. The topological polar surface area (TPSA) is 40.5 Å². The van der Waals surface area contributed by atoms with Crippen molar-refractivity contribution in [3.8, 4) is 0 Å². The Labute approximate surface area is 109 Å². The van der Waals surface area contributed by atoms with Gasteiger partial charge < -0.3 is 5.11 Å². The lowest BCUT2D eigenvalue weighted by molar-refractivity contribution is -0.142. The van der Waals surface area contributed by atoms with Crippen LogP contribution in [0.2, 0.25) is 0 Å². The van der Waals surface area contributed by atoms with Gasteiger partial charge in [0.05, 0.1) is 0 Å². The van der Waals surface area contributed by atoms with Crippen molar-refractivity contribution in [2.24, 2.45) is 5.92 Å². The van der Waals surface area contributed by atoms with Gasteiger partial charge in [0.1, 0.15) is 6.04 Å². The number of benzene rings is 1. The molecule has 1 aromatic carbocycles. The lowest BCUT2D eigenvalue weighted by Crippen LogP contribution is -2.35. The number of rotatable bonds is 6. The third-order valence-corrected chi connectivity index (χ3v) is 3.12. The maximum Gasteiger partial charge on any atom is 0.320 e. The minimum absolute atomic E-state index is 0.458. The normalized spacial score (nSPS) is 13.0. The van der Waals surface area contributed by atoms with E-state index in [9.17, 15) is 4.79 Å². The van der Waals surface area contributed by atoms with E-state index in [0.717, 1.165) is 12.0 Å². The van der Waals surface area contributed by atoms with E-state index in [2.05, 4.69) is 38.1 Å². The molecule has 1 unspecified atom stereocenters. The summed E-state index contributed by atoms with van der Waals surface area (Å²) in [4.78, 5) is 12.7. The molecule has 3 nitrogen and oxygen atoms in total. The zero-order chi connectivity index (χ0) is 13.7. The lowest BCUT2D eigenvalue weighted by Gasteiger charge is -2.21. The van der Waals surface area contributed by atoms with Gasteiger partial charge in [-0.25, -0.2) is 0 Å². The first kappa shape index (κ1) is 14.7. The molecule has 0 aliphatic rings. The number of likely N-dealkylation sites (N-methyl/N-ethyl adjacent to an activating group) is 1. The molecule has 1 N–H and O–H groups in total. The Morgan fingerprint density at radius 3 is 2.11 bits per heavy atom. The fourth-order valence-corrected chi connectivity index (χ4v) is 1.87. The molecule has 18 heavy (non-hydrogen) atoms. The molecule has 0 saturated heterocycles. The number of carbonyl (C=O) groups is 1. The van der Waals surface area contributed by atoms with Crippen molar-refractivity contribution in [3.05, 3.63) is 35.4 Å². The number of hydrogen-bond acceptors (Lipinski definition) is 2. The molecule has 0 saturated carbocycles. The summed E-state index contributed by atoms with van der Waals surface area (Å²) in [5.74, 6) is -0.125. The summed E-state index contributed by atoms with van der Waals surface area (Å²) in [6, 6.07) is 7.98. The van der Waals surface area contributed by atoms with Gasteiger partial charge in [-0.1, -0.05) is 38.1 Å². The van der Waals surface area contributed by atoms with Crippen molar-refractivity contribution in [2.45, 2.75) is 39.8 Å². The number of nitrogens with zero attached hydrogens (tertiary/aromatic N) is 1. The van der Waals surface area contributed by atoms with E-state index >= 15 is 0 Å². The highest BCUT2D eigenvalue weighted by Crippen LogP contribution is 2.12. The molecule has 0 spiro atoms. The Morgan fingerprint density at radius 2 is 1.67 bits per heavy atom. The van der Waals surface area contributed by atoms with Crippen LogP contribution >= 0.6 is 0 Å². The molecular formula is C15H23NO2. The lowest BCUT2D eigenvalue weighted by atomic mass is 10.0. The molecule has 0 aliphatic heterocycles. The van der Waals surface area contributed by atoms with Crippen LogP contribution in [-0.2, 0) is 17.8 Å². The van der Waals surface area contributed by atoms with Gasteiger partial charge in [0.2, 0.25) is 0 Å². The molecule has 1 rings (SSSR count). The van der Waals surface area contributed by atoms with E-state index in [1.165, 1.54) is 5.56 Å². The maximum atomic E-state index is 10.9. The van der Waals surface area contributed by atoms with Crippen molar-refractivity contribution < 1.29 is 9.90 Å². The first-order valence-corrected chi connectivity index (χ1v) is 6.41. The van der Waals surface area contributed by atoms with E-state index in [0.29, 0.717) is 12.5 Å². The van der Waals surface area contributed by atoms with Gasteiger partial charge in [-0.15, -0.1) is 0 Å². The van der Waals surface area contributed by atoms with Crippen molar-refractivity contribution >= 4 is 5.97 Å². The molecule has 0 fully saturated rings. The number of hydrogen-bond donors (Lipinski definition) is 1. The smallest absolute Gasteiger partial charge is 0.320 e. The summed E-state index contributed by atoms with van der Waals surface area (Å²) < 4.78 is 0. The standard InChI is InChI=1S/C15H23NO2/c1-11(2)9-13-5-7-14(8-6-13)10-16(4)12(3)15(17)18/h5-8,11-12H,9-10H2,1-4H3,(H,17,18). The highest BCUT2D eigenvalue weighted by atomic mass is 16.4. The summed E-state index contributed by atoms with van der Waals surface area (Å²) in [5.41, 5.74) is 2.49. The Balaban J connectivity index is 2.60. The fourth-order valence-electron chi connectivity index (χ4n) is 1.87. The summed E-state index contributed by atoms with van der Waals surface area (Å²) in [5, 5.41) is 8.93. The average Bonchev–Trinajstić information content (AvgIpc) is 2.29. The zero-order valence-corrected chi connectivity index (χ0v) is 11.7. The van der Waals surface area contributed by atoms with E-state index in [1.54, 1.807) is 6.92 Å². The molecule has 100 valence electrons. The summed E-state index contributed by atoms with van der Waals surface area (Å²) >= 11 is 0. The minimum atomic E-state index is -0.783. The predicted molar refractivity (Wildman–Crippen MR) is 73.5 cm³/mol. The highest BCUT2D eigenvalue weighted by Gasteiger charge is 2.16. The van der Waals surface area contributed by atoms with Crippen molar-refractivity contribution in [3.63, 3.8) is 0 Å². The first-order chi connectivity index (χ1) is 8.40. The van der Waals surface area contributed by atoms with Gasteiger partial charge >= 0.3 is 5.97 Å². The van der Waals surface area contributed by atoms with Crippen LogP contribution in [0.25, 0.3) is 0 Å². The van der Waals surface area contributed by atoms with Crippen LogP contribution in [0.5, 0.6) is 0 Å². The third-order valence-electron chi connectivity index (χ3n) is 3.12. The quantitative estimate of drug-likeness (QED) is 0.842. The zero-order valence-electron chi connectivity index (χ0n) is 11.7. The highest BCUT2D eigenvalue weighted by molar-refractivity contribution is 5.72. The molecule has 0 bridgehead atoms. The van der Waals surface area contributed by atoms with Crippen molar-refractivity contribution in [2.75, 3.05) is 7.05 Å². The van der Waals surface area contributed by atoms with Crippen LogP contribution in [0, 0.1) is 5.92 Å². The van der Waals surface area contributed by atoms with Crippen LogP contribution in [0.1, 0.15) is 31.9 Å². The van der Waals surface area contributed by atoms with Gasteiger partial charge in [-0.3, -0.25) is 9.69 Å². The first-order valence-electron chi connectivity index (χ1n) is 6.41. The summed E-state index contributed by atoms with van der Waals surface area (Å²) in [7, 11) is 1.83. The second-order valence-electron chi connectivity index (χ2n) is 5.34. The van der Waals surface area contributed by atoms with Gasteiger partial charge in [-0.05, 0) is 37.4 Å². The number of aliphatic carboxylic acids is 1. The predicted octanol–water partition coefficient (Wildman–Crippen LogP) is 2.79. The van der Waals surface area contributed by atoms with E-state index in [1.807, 2.05) is 11.9 Å². The SMILES string of the molecule is CC(C)Cc1ccc(CN(C)C(C)C(=O)O)cc1. The van der Waals surface area contributed by atoms with Gasteiger partial charge in [0.25, 0.3) is 0 Å². The molecule has 0 amide bonds. The molecule has 0 heterocycles. The van der Waals surface area contributed by atoms with Crippen LogP contribution in [0.4, 0.5) is 0 Å². The molecule has 0 radical (unpaired) electrons. The van der Waals surface area contributed by atoms with Crippen LogP contribution < -0.4 is 0 Å². The Morgan fingerprint density at radius 1 is 1.17 bits per heavy atom. The molecule has 1 atom stereocenters. The van der Waals surface area contributed by atoms with Crippen LogP contribution in [0.3, 0.4) is 0 Å². The average molecular weight is 249 g/mol. The van der Waals surface area contributed by atoms with E-state index in [4.69, 9.17) is 5.11 Å². The van der Waals surface area contributed by atoms with Crippen LogP contribution in [-0.4, -0.2) is 29.1 Å². The Hall–Kier alpha value is -1.35. The van der Waals surface area contributed by atoms with Gasteiger partial charge in [0.15, 0.2) is 0 Å².